The Bertz CT molecular complexity index is 490. The summed E-state index contributed by atoms with van der Waals surface area (Å²) in [6, 6.07) is 6.30. The van der Waals surface area contributed by atoms with Gasteiger partial charge in [0.2, 0.25) is 0 Å². The normalized spacial score (nSPS) is 10.7. The molecule has 0 saturated carbocycles. The average Bonchev–Trinajstić information content (AvgIpc) is 2.65. The third-order valence-electron chi connectivity index (χ3n) is 2.62. The zero-order valence-electron chi connectivity index (χ0n) is 9.44. The molecule has 0 amide bonds. The molecule has 90 valence electrons. The minimum atomic E-state index is -0.244. The summed E-state index contributed by atoms with van der Waals surface area (Å²) in [4.78, 5) is 0. The highest BCUT2D eigenvalue weighted by Gasteiger charge is 2.06. The molecular formula is C12H15FN4. The van der Waals surface area contributed by atoms with Crippen molar-refractivity contribution in [1.82, 2.24) is 9.78 Å². The summed E-state index contributed by atoms with van der Waals surface area (Å²) in [6.07, 6.45) is 2.45. The van der Waals surface area contributed by atoms with Gasteiger partial charge < -0.3 is 11.5 Å². The maximum Gasteiger partial charge on any atom is 0.125 e. The molecule has 0 atom stereocenters. The summed E-state index contributed by atoms with van der Waals surface area (Å²) in [7, 11) is 0. The molecule has 0 unspecified atom stereocenters. The van der Waals surface area contributed by atoms with Gasteiger partial charge in [0.25, 0.3) is 0 Å². The molecule has 0 fully saturated rings. The first-order valence-electron chi connectivity index (χ1n) is 5.45. The van der Waals surface area contributed by atoms with Crippen LogP contribution in [-0.2, 0) is 13.0 Å². The topological polar surface area (TPSA) is 69.9 Å². The van der Waals surface area contributed by atoms with Crippen molar-refractivity contribution in [3.05, 3.63) is 47.4 Å². The average molecular weight is 234 g/mol. The van der Waals surface area contributed by atoms with E-state index in [1.54, 1.807) is 23.0 Å². The molecule has 0 radical (unpaired) electrons. The van der Waals surface area contributed by atoms with E-state index >= 15 is 0 Å². The van der Waals surface area contributed by atoms with Gasteiger partial charge in [-0.15, -0.1) is 0 Å². The summed E-state index contributed by atoms with van der Waals surface area (Å²) in [6.45, 7) is 1.09. The molecule has 1 aromatic heterocycles. The van der Waals surface area contributed by atoms with E-state index in [1.165, 1.54) is 12.1 Å². The van der Waals surface area contributed by atoms with Gasteiger partial charge in [-0.05, 0) is 30.7 Å². The second-order valence-corrected chi connectivity index (χ2v) is 3.88. The molecule has 0 bridgehead atoms. The molecule has 0 saturated heterocycles. The second-order valence-electron chi connectivity index (χ2n) is 3.88. The number of hydrogen-bond donors (Lipinski definition) is 2. The van der Waals surface area contributed by atoms with E-state index in [4.69, 9.17) is 11.5 Å². The molecule has 0 aliphatic rings. The second kappa shape index (κ2) is 4.97. The Balaban J connectivity index is 2.16. The summed E-state index contributed by atoms with van der Waals surface area (Å²) in [5, 5.41) is 4.19. The highest BCUT2D eigenvalue weighted by molar-refractivity contribution is 5.39. The number of rotatable bonds is 4. The van der Waals surface area contributed by atoms with Crippen LogP contribution in [0.15, 0.2) is 30.5 Å². The van der Waals surface area contributed by atoms with E-state index < -0.39 is 0 Å². The minimum Gasteiger partial charge on any atom is -0.384 e. The van der Waals surface area contributed by atoms with Crippen LogP contribution < -0.4 is 11.5 Å². The lowest BCUT2D eigenvalue weighted by Crippen LogP contribution is -2.08. The Labute approximate surface area is 99.0 Å². The highest BCUT2D eigenvalue weighted by Crippen LogP contribution is 2.13. The van der Waals surface area contributed by atoms with Crippen molar-refractivity contribution in [2.24, 2.45) is 5.73 Å². The molecule has 2 rings (SSSR count). The van der Waals surface area contributed by atoms with E-state index in [9.17, 15) is 4.39 Å². The van der Waals surface area contributed by atoms with Gasteiger partial charge in [0, 0.05) is 5.56 Å². The van der Waals surface area contributed by atoms with Crippen molar-refractivity contribution < 1.29 is 4.39 Å². The van der Waals surface area contributed by atoms with Crippen LogP contribution in [0, 0.1) is 5.82 Å². The van der Waals surface area contributed by atoms with Crippen molar-refractivity contribution in [2.75, 3.05) is 12.3 Å². The summed E-state index contributed by atoms with van der Waals surface area (Å²) in [5.74, 6) is 0.380. The Hall–Kier alpha value is -1.88. The molecule has 5 heteroatoms. The van der Waals surface area contributed by atoms with E-state index in [1.807, 2.05) is 0 Å². The lowest BCUT2D eigenvalue weighted by atomic mass is 10.2. The Morgan fingerprint density at radius 3 is 2.59 bits per heavy atom. The van der Waals surface area contributed by atoms with Crippen LogP contribution in [0.3, 0.4) is 0 Å². The van der Waals surface area contributed by atoms with Gasteiger partial charge in [-0.2, -0.15) is 5.10 Å². The molecule has 1 aromatic carbocycles. The maximum absolute atomic E-state index is 12.7. The third-order valence-corrected chi connectivity index (χ3v) is 2.62. The van der Waals surface area contributed by atoms with Gasteiger partial charge in [0.1, 0.15) is 11.6 Å². The van der Waals surface area contributed by atoms with Gasteiger partial charge in [-0.25, -0.2) is 9.07 Å². The minimum absolute atomic E-state index is 0.244. The number of nitrogen functional groups attached to an aromatic ring is 1. The summed E-state index contributed by atoms with van der Waals surface area (Å²) < 4.78 is 14.4. The van der Waals surface area contributed by atoms with Crippen molar-refractivity contribution >= 4 is 5.82 Å². The van der Waals surface area contributed by atoms with Crippen LogP contribution in [0.2, 0.25) is 0 Å². The first kappa shape index (κ1) is 11.6. The number of aromatic nitrogens is 2. The highest BCUT2D eigenvalue weighted by atomic mass is 19.1. The Morgan fingerprint density at radius 2 is 1.94 bits per heavy atom. The molecule has 0 spiro atoms. The lowest BCUT2D eigenvalue weighted by Gasteiger charge is -2.05. The predicted molar refractivity (Wildman–Crippen MR) is 64.9 cm³/mol. The fraction of sp³-hybridized carbons (Fsp3) is 0.250. The molecule has 4 nitrogen and oxygen atoms in total. The van der Waals surface area contributed by atoms with Gasteiger partial charge >= 0.3 is 0 Å². The van der Waals surface area contributed by atoms with Gasteiger partial charge in [0.05, 0.1) is 12.7 Å². The number of anilines is 1. The first-order valence-corrected chi connectivity index (χ1v) is 5.45. The fourth-order valence-electron chi connectivity index (χ4n) is 1.67. The monoisotopic (exact) mass is 234 g/mol. The van der Waals surface area contributed by atoms with Gasteiger partial charge in [-0.3, -0.25) is 0 Å². The molecule has 0 aliphatic carbocycles. The van der Waals surface area contributed by atoms with Crippen molar-refractivity contribution in [1.29, 1.82) is 0 Å². The smallest absolute Gasteiger partial charge is 0.125 e. The molecular weight excluding hydrogens is 219 g/mol. The van der Waals surface area contributed by atoms with Crippen molar-refractivity contribution in [3.8, 4) is 0 Å². The number of benzene rings is 1. The number of nitrogens with two attached hydrogens (primary N) is 2. The number of hydrogen-bond acceptors (Lipinski definition) is 3. The Morgan fingerprint density at radius 1 is 1.24 bits per heavy atom. The van der Waals surface area contributed by atoms with E-state index in [2.05, 4.69) is 5.10 Å². The Kier molecular flexibility index (Phi) is 3.39. The zero-order valence-corrected chi connectivity index (χ0v) is 9.44. The van der Waals surface area contributed by atoms with Crippen LogP contribution in [0.1, 0.15) is 11.1 Å². The maximum atomic E-state index is 12.7. The molecule has 1 heterocycles. The zero-order chi connectivity index (χ0) is 12.3. The fourth-order valence-corrected chi connectivity index (χ4v) is 1.67. The first-order chi connectivity index (χ1) is 8.20. The molecule has 0 aliphatic heterocycles. The molecule has 17 heavy (non-hydrogen) atoms. The molecule has 4 N–H and O–H groups in total. The van der Waals surface area contributed by atoms with E-state index in [0.717, 1.165) is 17.5 Å². The third kappa shape index (κ3) is 2.62. The SMILES string of the molecule is NCCc1cnn(Cc2ccc(F)cc2)c1N. The van der Waals surface area contributed by atoms with Crippen LogP contribution in [0.25, 0.3) is 0 Å². The van der Waals surface area contributed by atoms with Gasteiger partial charge in [-0.1, -0.05) is 12.1 Å². The van der Waals surface area contributed by atoms with Crippen molar-refractivity contribution in [3.63, 3.8) is 0 Å². The standard InChI is InChI=1S/C12H15FN4/c13-11-3-1-9(2-4-11)8-17-12(15)10(5-6-14)7-16-17/h1-4,7H,5-6,8,14-15H2. The van der Waals surface area contributed by atoms with E-state index in [0.29, 0.717) is 18.9 Å². The van der Waals surface area contributed by atoms with E-state index in [-0.39, 0.29) is 5.82 Å². The quantitative estimate of drug-likeness (QED) is 0.833. The summed E-state index contributed by atoms with van der Waals surface area (Å²) >= 11 is 0. The van der Waals surface area contributed by atoms with Crippen LogP contribution in [-0.4, -0.2) is 16.3 Å². The number of nitrogens with zero attached hydrogens (tertiary/aromatic N) is 2. The van der Waals surface area contributed by atoms with Crippen molar-refractivity contribution in [2.45, 2.75) is 13.0 Å². The lowest BCUT2D eigenvalue weighted by molar-refractivity contribution is 0.625. The number of halogens is 1. The van der Waals surface area contributed by atoms with Gasteiger partial charge in [0.15, 0.2) is 0 Å². The van der Waals surface area contributed by atoms with Crippen LogP contribution in [0.4, 0.5) is 10.2 Å². The summed E-state index contributed by atoms with van der Waals surface area (Å²) in [5.41, 5.74) is 13.3. The predicted octanol–water partition coefficient (Wildman–Crippen LogP) is 1.15. The van der Waals surface area contributed by atoms with Crippen LogP contribution >= 0.6 is 0 Å². The largest absolute Gasteiger partial charge is 0.384 e. The van der Waals surface area contributed by atoms with Crippen LogP contribution in [0.5, 0.6) is 0 Å². The molecule has 2 aromatic rings.